The summed E-state index contributed by atoms with van der Waals surface area (Å²) in [6.07, 6.45) is 0.614. The van der Waals surface area contributed by atoms with E-state index < -0.39 is 0 Å². The van der Waals surface area contributed by atoms with Crippen LogP contribution in [0.25, 0.3) is 0 Å². The monoisotopic (exact) mass is 321 g/mol. The van der Waals surface area contributed by atoms with E-state index in [2.05, 4.69) is 29.6 Å². The van der Waals surface area contributed by atoms with Gasteiger partial charge in [-0.25, -0.2) is 0 Å². The van der Waals surface area contributed by atoms with Crippen LogP contribution in [0.2, 0.25) is 0 Å². The Morgan fingerprint density at radius 2 is 2.17 bits per heavy atom. The molecule has 1 aliphatic rings. The molecule has 128 valence electrons. The number of nitrogens with one attached hydrogen (secondary N) is 2. The van der Waals surface area contributed by atoms with Gasteiger partial charge in [-0.1, -0.05) is 12.1 Å². The zero-order valence-electron chi connectivity index (χ0n) is 14.0. The van der Waals surface area contributed by atoms with Gasteiger partial charge in [0, 0.05) is 26.2 Å². The van der Waals surface area contributed by atoms with Crippen molar-refractivity contribution in [3.63, 3.8) is 0 Å². The minimum absolute atomic E-state index is 0.0683. The predicted molar refractivity (Wildman–Crippen MR) is 89.6 cm³/mol. The van der Waals surface area contributed by atoms with E-state index in [1.165, 1.54) is 0 Å². The standard InChI is InChI=1S/C17H27N3O3/c1-20(2)9-3-10-22-15-6-4-14(5-7-15)12-19-17(21)16-13-18-8-11-23-16/h4-7,16,18H,3,8-13H2,1-2H3,(H,19,21). The van der Waals surface area contributed by atoms with Crippen molar-refractivity contribution in [2.24, 2.45) is 0 Å². The van der Waals surface area contributed by atoms with Crippen molar-refractivity contribution in [2.45, 2.75) is 19.1 Å². The Morgan fingerprint density at radius 1 is 1.39 bits per heavy atom. The van der Waals surface area contributed by atoms with Gasteiger partial charge in [-0.3, -0.25) is 4.79 Å². The maximum absolute atomic E-state index is 12.0. The maximum atomic E-state index is 12.0. The van der Waals surface area contributed by atoms with Crippen molar-refractivity contribution in [3.8, 4) is 5.75 Å². The Hall–Kier alpha value is -1.63. The van der Waals surface area contributed by atoms with Gasteiger partial charge in [0.1, 0.15) is 11.9 Å². The van der Waals surface area contributed by atoms with Gasteiger partial charge < -0.3 is 25.0 Å². The van der Waals surface area contributed by atoms with Crippen LogP contribution in [-0.4, -0.2) is 63.9 Å². The number of morpholine rings is 1. The summed E-state index contributed by atoms with van der Waals surface area (Å²) in [6, 6.07) is 7.83. The quantitative estimate of drug-likeness (QED) is 0.688. The second kappa shape index (κ2) is 9.50. The highest BCUT2D eigenvalue weighted by Gasteiger charge is 2.21. The summed E-state index contributed by atoms with van der Waals surface area (Å²) in [5.41, 5.74) is 1.04. The zero-order chi connectivity index (χ0) is 16.5. The highest BCUT2D eigenvalue weighted by Crippen LogP contribution is 2.12. The van der Waals surface area contributed by atoms with Crippen LogP contribution in [0, 0.1) is 0 Å². The lowest BCUT2D eigenvalue weighted by molar-refractivity contribution is -0.134. The van der Waals surface area contributed by atoms with Crippen LogP contribution in [0.3, 0.4) is 0 Å². The van der Waals surface area contributed by atoms with Gasteiger partial charge in [0.05, 0.1) is 13.2 Å². The first-order chi connectivity index (χ1) is 11.1. The second-order valence-corrected chi connectivity index (χ2v) is 5.93. The Kier molecular flexibility index (Phi) is 7.32. The first-order valence-corrected chi connectivity index (χ1v) is 8.11. The Labute approximate surface area is 138 Å². The molecule has 0 aromatic heterocycles. The molecule has 0 saturated carbocycles. The molecule has 1 aromatic rings. The number of rotatable bonds is 8. The van der Waals surface area contributed by atoms with Crippen molar-refractivity contribution >= 4 is 5.91 Å². The third kappa shape index (κ3) is 6.56. The third-order valence-corrected chi connectivity index (χ3v) is 3.63. The zero-order valence-corrected chi connectivity index (χ0v) is 14.0. The molecule has 23 heavy (non-hydrogen) atoms. The molecule has 1 unspecified atom stereocenters. The summed E-state index contributed by atoms with van der Waals surface area (Å²) in [4.78, 5) is 14.1. The topological polar surface area (TPSA) is 62.8 Å². The fraction of sp³-hybridized carbons (Fsp3) is 0.588. The molecule has 6 heteroatoms. The number of nitrogens with zero attached hydrogens (tertiary/aromatic N) is 1. The molecule has 0 radical (unpaired) electrons. The molecule has 0 bridgehead atoms. The number of carbonyl (C=O) groups is 1. The Bertz CT molecular complexity index is 470. The lowest BCUT2D eigenvalue weighted by Crippen LogP contribution is -2.47. The van der Waals surface area contributed by atoms with E-state index in [9.17, 15) is 4.79 Å². The van der Waals surface area contributed by atoms with Crippen LogP contribution in [0.1, 0.15) is 12.0 Å². The van der Waals surface area contributed by atoms with Crippen molar-refractivity contribution in [2.75, 3.05) is 46.9 Å². The molecule has 6 nitrogen and oxygen atoms in total. The average molecular weight is 321 g/mol. The molecule has 1 fully saturated rings. The van der Waals surface area contributed by atoms with E-state index >= 15 is 0 Å². The lowest BCUT2D eigenvalue weighted by atomic mass is 10.2. The molecule has 2 N–H and O–H groups in total. The van der Waals surface area contributed by atoms with Gasteiger partial charge in [0.2, 0.25) is 0 Å². The van der Waals surface area contributed by atoms with Gasteiger partial charge >= 0.3 is 0 Å². The fourth-order valence-electron chi connectivity index (χ4n) is 2.31. The number of amides is 1. The number of benzene rings is 1. The summed E-state index contributed by atoms with van der Waals surface area (Å²) in [5, 5.41) is 6.05. The van der Waals surface area contributed by atoms with Crippen molar-refractivity contribution in [1.82, 2.24) is 15.5 Å². The van der Waals surface area contributed by atoms with E-state index in [0.717, 1.165) is 30.8 Å². The van der Waals surface area contributed by atoms with Gasteiger partial charge in [0.15, 0.2) is 0 Å². The molecular weight excluding hydrogens is 294 g/mol. The van der Waals surface area contributed by atoms with Crippen molar-refractivity contribution < 1.29 is 14.3 Å². The van der Waals surface area contributed by atoms with E-state index in [1.807, 2.05) is 24.3 Å². The molecule has 2 rings (SSSR count). The summed E-state index contributed by atoms with van der Waals surface area (Å²) in [7, 11) is 4.11. The summed E-state index contributed by atoms with van der Waals surface area (Å²) in [6.45, 7) is 4.19. The first-order valence-electron chi connectivity index (χ1n) is 8.11. The number of ether oxygens (including phenoxy) is 2. The van der Waals surface area contributed by atoms with Crippen LogP contribution < -0.4 is 15.4 Å². The number of hydrogen-bond donors (Lipinski definition) is 2. The molecule has 1 saturated heterocycles. The normalized spacial score (nSPS) is 18.0. The third-order valence-electron chi connectivity index (χ3n) is 3.63. The van der Waals surface area contributed by atoms with Crippen LogP contribution in [0.4, 0.5) is 0 Å². The van der Waals surface area contributed by atoms with E-state index in [1.54, 1.807) is 0 Å². The summed E-state index contributed by atoms with van der Waals surface area (Å²) < 4.78 is 11.1. The SMILES string of the molecule is CN(C)CCCOc1ccc(CNC(=O)C2CNCCO2)cc1. The molecule has 1 heterocycles. The van der Waals surface area contributed by atoms with E-state index in [-0.39, 0.29) is 12.0 Å². The minimum Gasteiger partial charge on any atom is -0.494 e. The fourth-order valence-corrected chi connectivity index (χ4v) is 2.31. The summed E-state index contributed by atoms with van der Waals surface area (Å²) >= 11 is 0. The lowest BCUT2D eigenvalue weighted by Gasteiger charge is -2.22. The summed E-state index contributed by atoms with van der Waals surface area (Å²) in [5.74, 6) is 0.792. The van der Waals surface area contributed by atoms with E-state index in [0.29, 0.717) is 26.3 Å². The van der Waals surface area contributed by atoms with Crippen molar-refractivity contribution in [1.29, 1.82) is 0 Å². The van der Waals surface area contributed by atoms with Crippen LogP contribution in [-0.2, 0) is 16.1 Å². The first kappa shape index (κ1) is 17.7. The molecule has 1 atom stereocenters. The van der Waals surface area contributed by atoms with Gasteiger partial charge in [0.25, 0.3) is 5.91 Å². The molecule has 1 amide bonds. The minimum atomic E-state index is -0.386. The number of carbonyl (C=O) groups excluding carboxylic acids is 1. The van der Waals surface area contributed by atoms with E-state index in [4.69, 9.17) is 9.47 Å². The predicted octanol–water partition coefficient (Wildman–Crippen LogP) is 0.622. The molecular formula is C17H27N3O3. The highest BCUT2D eigenvalue weighted by atomic mass is 16.5. The van der Waals surface area contributed by atoms with Gasteiger partial charge in [-0.15, -0.1) is 0 Å². The largest absolute Gasteiger partial charge is 0.494 e. The van der Waals surface area contributed by atoms with Crippen LogP contribution in [0.5, 0.6) is 5.75 Å². The second-order valence-electron chi connectivity index (χ2n) is 5.93. The van der Waals surface area contributed by atoms with Crippen LogP contribution in [0.15, 0.2) is 24.3 Å². The average Bonchev–Trinajstić information content (AvgIpc) is 2.58. The highest BCUT2D eigenvalue weighted by molar-refractivity contribution is 5.81. The smallest absolute Gasteiger partial charge is 0.250 e. The Morgan fingerprint density at radius 3 is 2.83 bits per heavy atom. The maximum Gasteiger partial charge on any atom is 0.250 e. The molecule has 1 aliphatic heterocycles. The molecule has 0 aliphatic carbocycles. The van der Waals surface area contributed by atoms with Gasteiger partial charge in [-0.05, 0) is 38.2 Å². The molecule has 0 spiro atoms. The Balaban J connectivity index is 1.68. The van der Waals surface area contributed by atoms with Gasteiger partial charge in [-0.2, -0.15) is 0 Å². The molecule has 1 aromatic carbocycles. The number of hydrogen-bond acceptors (Lipinski definition) is 5. The van der Waals surface area contributed by atoms with Crippen LogP contribution >= 0.6 is 0 Å². The van der Waals surface area contributed by atoms with Crippen molar-refractivity contribution in [3.05, 3.63) is 29.8 Å².